The molecule has 1 saturated heterocycles. The Hall–Kier alpha value is -2.02. The minimum Gasteiger partial charge on any atom is -0.375 e. The van der Waals surface area contributed by atoms with E-state index < -0.39 is 0 Å². The number of rotatable bonds is 3. The van der Waals surface area contributed by atoms with Crippen LogP contribution in [0, 0.1) is 12.8 Å². The lowest BCUT2D eigenvalue weighted by Crippen LogP contribution is -2.52. The van der Waals surface area contributed by atoms with Crippen LogP contribution in [0.2, 0.25) is 0 Å². The summed E-state index contributed by atoms with van der Waals surface area (Å²) in [7, 11) is 0. The van der Waals surface area contributed by atoms with E-state index in [0.29, 0.717) is 6.04 Å². The fourth-order valence-corrected chi connectivity index (χ4v) is 3.87. The fourth-order valence-electron chi connectivity index (χ4n) is 3.87. The monoisotopic (exact) mass is 388 g/mol. The highest BCUT2D eigenvalue weighted by molar-refractivity contribution is 5.93. The van der Waals surface area contributed by atoms with Gasteiger partial charge in [-0.05, 0) is 44.4 Å². The van der Waals surface area contributed by atoms with Gasteiger partial charge in [0.1, 0.15) is 5.82 Å². The van der Waals surface area contributed by atoms with Gasteiger partial charge >= 0.3 is 0 Å². The van der Waals surface area contributed by atoms with Gasteiger partial charge in [0.15, 0.2) is 0 Å². The Morgan fingerprint density at radius 2 is 2.19 bits per heavy atom. The van der Waals surface area contributed by atoms with Crippen LogP contribution in [-0.4, -0.2) is 41.2 Å². The lowest BCUT2D eigenvalue weighted by atomic mass is 9.82. The smallest absolute Gasteiger partial charge is 0.227 e. The summed E-state index contributed by atoms with van der Waals surface area (Å²) in [6.07, 6.45) is 4.66. The maximum absolute atomic E-state index is 12.7. The molecule has 144 valence electrons. The summed E-state index contributed by atoms with van der Waals surface area (Å²) in [5.74, 6) is 0.846. The quantitative estimate of drug-likeness (QED) is 0.845. The largest absolute Gasteiger partial charge is 0.375 e. The molecule has 6 nitrogen and oxygen atoms in total. The first-order valence-electron chi connectivity index (χ1n) is 9.25. The van der Waals surface area contributed by atoms with Crippen molar-refractivity contribution in [2.24, 2.45) is 5.92 Å². The van der Waals surface area contributed by atoms with Crippen LogP contribution in [0.25, 0.3) is 11.3 Å². The SMILES string of the molecule is Cc1nccc(-c2cccc(NC(=O)[C@H]3CC[C@H]4OCCN[C@@H]4C3)c2)n1.Cl. The molecule has 0 radical (unpaired) electrons. The molecule has 1 aromatic carbocycles. The number of carbonyl (C=O) groups is 1. The van der Waals surface area contributed by atoms with Gasteiger partial charge in [0.25, 0.3) is 0 Å². The zero-order valence-electron chi connectivity index (χ0n) is 15.4. The first-order valence-corrected chi connectivity index (χ1v) is 9.25. The molecule has 0 unspecified atom stereocenters. The molecule has 2 aliphatic rings. The standard InChI is InChI=1S/C20H24N4O2.ClH/c1-13-21-8-7-17(23-13)14-3-2-4-16(11-14)24-20(25)15-5-6-19-18(12-15)22-9-10-26-19;/h2-4,7-8,11,15,18-19,22H,5-6,9-10,12H2,1H3,(H,24,25);1H/t15-,18+,19+;/m0./s1. The van der Waals surface area contributed by atoms with Crippen molar-refractivity contribution in [2.45, 2.75) is 38.3 Å². The Bertz CT molecular complexity index is 801. The molecule has 2 N–H and O–H groups in total. The highest BCUT2D eigenvalue weighted by Crippen LogP contribution is 2.29. The topological polar surface area (TPSA) is 76.1 Å². The third-order valence-electron chi connectivity index (χ3n) is 5.20. The van der Waals surface area contributed by atoms with E-state index in [-0.39, 0.29) is 30.3 Å². The highest BCUT2D eigenvalue weighted by Gasteiger charge is 2.35. The van der Waals surface area contributed by atoms with Crippen LogP contribution >= 0.6 is 12.4 Å². The van der Waals surface area contributed by atoms with Crippen molar-refractivity contribution >= 4 is 24.0 Å². The number of nitrogens with one attached hydrogen (secondary N) is 2. The molecule has 1 aromatic heterocycles. The lowest BCUT2D eigenvalue weighted by molar-refractivity contribution is -0.123. The lowest BCUT2D eigenvalue weighted by Gasteiger charge is -2.39. The predicted molar refractivity (Wildman–Crippen MR) is 107 cm³/mol. The number of carbonyl (C=O) groups excluding carboxylic acids is 1. The third-order valence-corrected chi connectivity index (χ3v) is 5.20. The Labute approximate surface area is 165 Å². The number of hydrogen-bond donors (Lipinski definition) is 2. The number of anilines is 1. The Kier molecular flexibility index (Phi) is 6.42. The number of hydrogen-bond acceptors (Lipinski definition) is 5. The van der Waals surface area contributed by atoms with Crippen molar-refractivity contribution in [2.75, 3.05) is 18.5 Å². The first-order chi connectivity index (χ1) is 12.7. The van der Waals surface area contributed by atoms with E-state index in [1.54, 1.807) is 6.20 Å². The zero-order valence-corrected chi connectivity index (χ0v) is 16.2. The number of nitrogens with zero attached hydrogens (tertiary/aromatic N) is 2. The van der Waals surface area contributed by atoms with Gasteiger partial charge in [-0.3, -0.25) is 4.79 Å². The second-order valence-electron chi connectivity index (χ2n) is 7.04. The molecule has 1 aliphatic heterocycles. The number of amides is 1. The van der Waals surface area contributed by atoms with Gasteiger partial charge in [-0.25, -0.2) is 9.97 Å². The van der Waals surface area contributed by atoms with Gasteiger partial charge in [-0.15, -0.1) is 12.4 Å². The molecule has 3 atom stereocenters. The summed E-state index contributed by atoms with van der Waals surface area (Å²) in [5.41, 5.74) is 2.63. The molecule has 2 fully saturated rings. The number of aryl methyl sites for hydroxylation is 1. The Morgan fingerprint density at radius 1 is 1.30 bits per heavy atom. The molecule has 4 rings (SSSR count). The van der Waals surface area contributed by atoms with Gasteiger partial charge in [0, 0.05) is 36.0 Å². The van der Waals surface area contributed by atoms with E-state index in [4.69, 9.17) is 4.74 Å². The number of aromatic nitrogens is 2. The molecule has 1 aliphatic carbocycles. The average Bonchev–Trinajstić information content (AvgIpc) is 2.68. The van der Waals surface area contributed by atoms with Crippen LogP contribution in [0.4, 0.5) is 5.69 Å². The number of morpholine rings is 1. The van der Waals surface area contributed by atoms with E-state index in [9.17, 15) is 4.79 Å². The van der Waals surface area contributed by atoms with Crippen molar-refractivity contribution in [1.82, 2.24) is 15.3 Å². The van der Waals surface area contributed by atoms with Crippen LogP contribution < -0.4 is 10.6 Å². The van der Waals surface area contributed by atoms with Gasteiger partial charge in [0.05, 0.1) is 18.4 Å². The summed E-state index contributed by atoms with van der Waals surface area (Å²) in [6, 6.07) is 9.99. The van der Waals surface area contributed by atoms with Crippen molar-refractivity contribution < 1.29 is 9.53 Å². The normalized spacial score (nSPS) is 24.4. The molecule has 0 spiro atoms. The van der Waals surface area contributed by atoms with E-state index in [1.165, 1.54) is 0 Å². The Morgan fingerprint density at radius 3 is 3.04 bits per heavy atom. The van der Waals surface area contributed by atoms with E-state index in [1.807, 2.05) is 37.3 Å². The summed E-state index contributed by atoms with van der Waals surface area (Å²) in [6.45, 7) is 3.51. The number of fused-ring (bicyclic) bond motifs is 1. The van der Waals surface area contributed by atoms with Crippen LogP contribution in [0.3, 0.4) is 0 Å². The van der Waals surface area contributed by atoms with E-state index in [0.717, 1.165) is 55.2 Å². The number of halogens is 1. The van der Waals surface area contributed by atoms with Crippen molar-refractivity contribution in [3.05, 3.63) is 42.4 Å². The van der Waals surface area contributed by atoms with Crippen LogP contribution in [0.1, 0.15) is 25.1 Å². The number of benzene rings is 1. The molecule has 2 aromatic rings. The molecule has 1 amide bonds. The predicted octanol–water partition coefficient (Wildman–Crippen LogP) is 2.97. The second-order valence-corrected chi connectivity index (χ2v) is 7.04. The molecular weight excluding hydrogens is 364 g/mol. The number of ether oxygens (including phenoxy) is 1. The summed E-state index contributed by atoms with van der Waals surface area (Å²) < 4.78 is 5.80. The summed E-state index contributed by atoms with van der Waals surface area (Å²) >= 11 is 0. The van der Waals surface area contributed by atoms with E-state index >= 15 is 0 Å². The van der Waals surface area contributed by atoms with E-state index in [2.05, 4.69) is 20.6 Å². The van der Waals surface area contributed by atoms with Gasteiger partial charge in [0.2, 0.25) is 5.91 Å². The maximum atomic E-state index is 12.7. The van der Waals surface area contributed by atoms with Gasteiger partial charge in [-0.2, -0.15) is 0 Å². The summed E-state index contributed by atoms with van der Waals surface area (Å²) in [4.78, 5) is 21.3. The highest BCUT2D eigenvalue weighted by atomic mass is 35.5. The molecule has 1 saturated carbocycles. The van der Waals surface area contributed by atoms with Crippen LogP contribution in [0.15, 0.2) is 36.5 Å². The Balaban J connectivity index is 0.00000210. The van der Waals surface area contributed by atoms with Gasteiger partial charge in [-0.1, -0.05) is 12.1 Å². The average molecular weight is 389 g/mol. The second kappa shape index (κ2) is 8.78. The first kappa shape index (κ1) is 19.7. The molecular formula is C20H25ClN4O2. The van der Waals surface area contributed by atoms with Crippen molar-refractivity contribution in [3.63, 3.8) is 0 Å². The molecule has 7 heteroatoms. The van der Waals surface area contributed by atoms with Crippen molar-refractivity contribution in [1.29, 1.82) is 0 Å². The van der Waals surface area contributed by atoms with Crippen molar-refractivity contribution in [3.8, 4) is 11.3 Å². The van der Waals surface area contributed by atoms with Gasteiger partial charge < -0.3 is 15.4 Å². The zero-order chi connectivity index (χ0) is 17.9. The minimum atomic E-state index is 0. The third kappa shape index (κ3) is 4.64. The fraction of sp³-hybridized carbons (Fsp3) is 0.450. The molecule has 2 heterocycles. The molecule has 0 bridgehead atoms. The minimum absolute atomic E-state index is 0. The van der Waals surface area contributed by atoms with Crippen LogP contribution in [-0.2, 0) is 9.53 Å². The summed E-state index contributed by atoms with van der Waals surface area (Å²) in [5, 5.41) is 6.57. The molecule has 27 heavy (non-hydrogen) atoms. The maximum Gasteiger partial charge on any atom is 0.227 e. The van der Waals surface area contributed by atoms with Crippen LogP contribution in [0.5, 0.6) is 0 Å².